The van der Waals surface area contributed by atoms with E-state index in [1.165, 1.54) is 0 Å². The van der Waals surface area contributed by atoms with E-state index in [2.05, 4.69) is 10.1 Å². The van der Waals surface area contributed by atoms with Gasteiger partial charge in [0.25, 0.3) is 5.69 Å². The molecule has 1 aromatic carbocycles. The molecule has 0 N–H and O–H groups in total. The monoisotopic (exact) mass is 301 g/mol. The van der Waals surface area contributed by atoms with Crippen molar-refractivity contribution >= 4 is 5.69 Å². The van der Waals surface area contributed by atoms with Gasteiger partial charge in [0.05, 0.1) is 11.0 Å². The minimum absolute atomic E-state index is 0.140. The van der Waals surface area contributed by atoms with Crippen LogP contribution in [0.3, 0.4) is 0 Å². The molecule has 1 fully saturated rings. The molecule has 2 heterocycles. The zero-order chi connectivity index (χ0) is 15.5. The minimum Gasteiger partial charge on any atom is -0.361 e. The largest absolute Gasteiger partial charge is 0.361 e. The van der Waals surface area contributed by atoms with E-state index in [4.69, 9.17) is 4.52 Å². The lowest BCUT2D eigenvalue weighted by atomic mass is 10.1. The Morgan fingerprint density at radius 2 is 2.18 bits per heavy atom. The second-order valence-electron chi connectivity index (χ2n) is 5.73. The third kappa shape index (κ3) is 3.17. The van der Waals surface area contributed by atoms with Crippen molar-refractivity contribution in [2.75, 3.05) is 13.1 Å². The Morgan fingerprint density at radius 3 is 2.82 bits per heavy atom. The summed E-state index contributed by atoms with van der Waals surface area (Å²) in [5.74, 6) is 0.845. The summed E-state index contributed by atoms with van der Waals surface area (Å²) >= 11 is 0. The smallest absolute Gasteiger partial charge is 0.269 e. The number of benzene rings is 1. The number of nitro benzene ring substituents is 1. The number of hydrogen-bond donors (Lipinski definition) is 0. The van der Waals surface area contributed by atoms with Crippen LogP contribution in [0.2, 0.25) is 0 Å². The molecule has 6 heteroatoms. The number of nitro groups is 1. The number of hydrogen-bond acceptors (Lipinski definition) is 5. The Kier molecular flexibility index (Phi) is 4.20. The quantitative estimate of drug-likeness (QED) is 0.626. The van der Waals surface area contributed by atoms with E-state index < -0.39 is 0 Å². The summed E-state index contributed by atoms with van der Waals surface area (Å²) < 4.78 is 5.18. The van der Waals surface area contributed by atoms with Crippen LogP contribution >= 0.6 is 0 Å². The van der Waals surface area contributed by atoms with Crippen LogP contribution in [0.5, 0.6) is 0 Å². The number of nitrogens with zero attached hydrogens (tertiary/aromatic N) is 3. The van der Waals surface area contributed by atoms with Crippen molar-refractivity contribution in [2.45, 2.75) is 32.2 Å². The van der Waals surface area contributed by atoms with Gasteiger partial charge in [-0.15, -0.1) is 0 Å². The molecule has 1 aliphatic heterocycles. The number of aromatic nitrogens is 1. The zero-order valence-corrected chi connectivity index (χ0v) is 12.6. The van der Waals surface area contributed by atoms with E-state index in [-0.39, 0.29) is 10.6 Å². The summed E-state index contributed by atoms with van der Waals surface area (Å²) in [6.07, 6.45) is 3.15. The van der Waals surface area contributed by atoms with Gasteiger partial charge >= 0.3 is 0 Å². The van der Waals surface area contributed by atoms with Crippen molar-refractivity contribution in [3.63, 3.8) is 0 Å². The molecule has 0 unspecified atom stereocenters. The van der Waals surface area contributed by atoms with E-state index in [0.29, 0.717) is 6.04 Å². The van der Waals surface area contributed by atoms with Crippen LogP contribution in [0.25, 0.3) is 0 Å². The first-order valence-corrected chi connectivity index (χ1v) is 7.54. The molecular formula is C16H19N3O3. The van der Waals surface area contributed by atoms with Gasteiger partial charge in [-0.05, 0) is 38.3 Å². The molecule has 1 aromatic heterocycles. The van der Waals surface area contributed by atoms with Crippen molar-refractivity contribution in [3.8, 4) is 0 Å². The van der Waals surface area contributed by atoms with Crippen LogP contribution in [-0.2, 0) is 6.42 Å². The van der Waals surface area contributed by atoms with E-state index in [1.54, 1.807) is 12.1 Å². The molecule has 22 heavy (non-hydrogen) atoms. The van der Waals surface area contributed by atoms with Gasteiger partial charge in [0, 0.05) is 24.7 Å². The number of non-ortho nitro benzene ring substituents is 1. The predicted molar refractivity (Wildman–Crippen MR) is 81.6 cm³/mol. The number of likely N-dealkylation sites (tertiary alicyclic amines) is 1. The van der Waals surface area contributed by atoms with E-state index in [0.717, 1.165) is 49.4 Å². The van der Waals surface area contributed by atoms with Gasteiger partial charge in [0.2, 0.25) is 0 Å². The molecular weight excluding hydrogens is 282 g/mol. The van der Waals surface area contributed by atoms with Crippen molar-refractivity contribution in [3.05, 3.63) is 57.5 Å². The van der Waals surface area contributed by atoms with Gasteiger partial charge in [-0.2, -0.15) is 0 Å². The third-order valence-corrected chi connectivity index (χ3v) is 4.19. The van der Waals surface area contributed by atoms with Crippen LogP contribution in [0.15, 0.2) is 34.9 Å². The van der Waals surface area contributed by atoms with Crippen molar-refractivity contribution in [2.24, 2.45) is 0 Å². The lowest BCUT2D eigenvalue weighted by molar-refractivity contribution is -0.384. The molecule has 0 radical (unpaired) electrons. The van der Waals surface area contributed by atoms with Crippen molar-refractivity contribution in [1.29, 1.82) is 0 Å². The summed E-state index contributed by atoms with van der Waals surface area (Å²) in [6.45, 7) is 3.89. The second-order valence-corrected chi connectivity index (χ2v) is 5.73. The fraction of sp³-hybridized carbons (Fsp3) is 0.438. The first kappa shape index (κ1) is 14.7. The second kappa shape index (κ2) is 6.27. The molecule has 0 saturated carbocycles. The third-order valence-electron chi connectivity index (χ3n) is 4.19. The maximum absolute atomic E-state index is 10.7. The normalized spacial score (nSPS) is 18.7. The molecule has 1 atom stereocenters. The highest BCUT2D eigenvalue weighted by Gasteiger charge is 2.27. The van der Waals surface area contributed by atoms with Crippen LogP contribution in [0.1, 0.15) is 35.9 Å². The molecule has 116 valence electrons. The zero-order valence-electron chi connectivity index (χ0n) is 12.6. The predicted octanol–water partition coefficient (Wildman–Crippen LogP) is 3.27. The van der Waals surface area contributed by atoms with Crippen LogP contribution in [-0.4, -0.2) is 28.1 Å². The lowest BCUT2D eigenvalue weighted by Crippen LogP contribution is -2.25. The molecule has 2 aromatic rings. The van der Waals surface area contributed by atoms with Gasteiger partial charge in [0.15, 0.2) is 0 Å². The van der Waals surface area contributed by atoms with Crippen LogP contribution in [0, 0.1) is 17.0 Å². The maximum Gasteiger partial charge on any atom is 0.269 e. The maximum atomic E-state index is 10.7. The van der Waals surface area contributed by atoms with Crippen molar-refractivity contribution in [1.82, 2.24) is 10.1 Å². The Hall–Kier alpha value is -2.21. The molecule has 0 spiro atoms. The molecule has 1 aliphatic rings. The van der Waals surface area contributed by atoms with Gasteiger partial charge in [0.1, 0.15) is 11.5 Å². The highest BCUT2D eigenvalue weighted by Crippen LogP contribution is 2.31. The standard InChI is InChI=1S/C16H19N3O3/c1-12-11-15(17-22-12)16-3-2-9-18(16)10-8-13-4-6-14(7-5-13)19(20)21/h4-7,11,16H,2-3,8-10H2,1H3/t16-/m1/s1. The SMILES string of the molecule is Cc1cc([C@H]2CCCN2CCc2ccc([N+](=O)[O-])cc2)no1. The van der Waals surface area contributed by atoms with Gasteiger partial charge in [-0.1, -0.05) is 17.3 Å². The highest BCUT2D eigenvalue weighted by atomic mass is 16.6. The fourth-order valence-corrected chi connectivity index (χ4v) is 3.03. The average Bonchev–Trinajstić information content (AvgIpc) is 3.14. The van der Waals surface area contributed by atoms with Crippen LogP contribution in [0.4, 0.5) is 5.69 Å². The summed E-state index contributed by atoms with van der Waals surface area (Å²) in [4.78, 5) is 12.7. The van der Waals surface area contributed by atoms with Gasteiger partial charge in [-0.25, -0.2) is 0 Å². The van der Waals surface area contributed by atoms with Crippen LogP contribution < -0.4 is 0 Å². The molecule has 1 saturated heterocycles. The van der Waals surface area contributed by atoms with E-state index >= 15 is 0 Å². The topological polar surface area (TPSA) is 72.4 Å². The Bertz CT molecular complexity index is 651. The lowest BCUT2D eigenvalue weighted by Gasteiger charge is -2.22. The highest BCUT2D eigenvalue weighted by molar-refractivity contribution is 5.33. The number of rotatable bonds is 5. The fourth-order valence-electron chi connectivity index (χ4n) is 3.03. The molecule has 0 amide bonds. The summed E-state index contributed by atoms with van der Waals surface area (Å²) in [6, 6.07) is 9.15. The Labute approximate surface area is 128 Å². The average molecular weight is 301 g/mol. The van der Waals surface area contributed by atoms with E-state index in [9.17, 15) is 10.1 Å². The first-order valence-electron chi connectivity index (χ1n) is 7.54. The number of aryl methyl sites for hydroxylation is 1. The molecule has 3 rings (SSSR count). The summed E-state index contributed by atoms with van der Waals surface area (Å²) in [7, 11) is 0. The molecule has 6 nitrogen and oxygen atoms in total. The minimum atomic E-state index is -0.368. The molecule has 0 aliphatic carbocycles. The summed E-state index contributed by atoms with van der Waals surface area (Å²) in [5.41, 5.74) is 2.27. The van der Waals surface area contributed by atoms with Crippen molar-refractivity contribution < 1.29 is 9.45 Å². The van der Waals surface area contributed by atoms with Gasteiger partial charge < -0.3 is 4.52 Å². The first-order chi connectivity index (χ1) is 10.6. The van der Waals surface area contributed by atoms with Gasteiger partial charge in [-0.3, -0.25) is 15.0 Å². The Morgan fingerprint density at radius 1 is 1.41 bits per heavy atom. The Balaban J connectivity index is 1.61. The molecule has 0 bridgehead atoms. The summed E-state index contributed by atoms with van der Waals surface area (Å²) in [5, 5.41) is 14.8. The van der Waals surface area contributed by atoms with E-state index in [1.807, 2.05) is 25.1 Å².